The predicted molar refractivity (Wildman–Crippen MR) is 62.2 cm³/mol. The van der Waals surface area contributed by atoms with Crippen LogP contribution in [0.3, 0.4) is 0 Å². The van der Waals surface area contributed by atoms with Gasteiger partial charge in [-0.1, -0.05) is 20.3 Å². The molecule has 0 aliphatic carbocycles. The second-order valence-electron chi connectivity index (χ2n) is 4.04. The summed E-state index contributed by atoms with van der Waals surface area (Å²) in [4.78, 5) is 0. The van der Waals surface area contributed by atoms with E-state index in [1.165, 1.54) is 4.31 Å². The fourth-order valence-electron chi connectivity index (χ4n) is 1.23. The van der Waals surface area contributed by atoms with Gasteiger partial charge in [0, 0.05) is 20.2 Å². The van der Waals surface area contributed by atoms with Gasteiger partial charge in [-0.05, 0) is 18.8 Å². The van der Waals surface area contributed by atoms with E-state index in [1.54, 1.807) is 7.05 Å². The standard InChI is InChI=1S/C10H23NO3S/c1-4-10(2)9-11(3)15(13,14)8-6-5-7-12/h10,12H,4-9H2,1-3H3. The highest BCUT2D eigenvalue weighted by atomic mass is 32.2. The third-order valence-corrected chi connectivity index (χ3v) is 4.45. The summed E-state index contributed by atoms with van der Waals surface area (Å²) >= 11 is 0. The van der Waals surface area contributed by atoms with Crippen molar-refractivity contribution in [3.8, 4) is 0 Å². The first-order chi connectivity index (χ1) is 6.94. The summed E-state index contributed by atoms with van der Waals surface area (Å²) in [6.45, 7) is 4.74. The summed E-state index contributed by atoms with van der Waals surface area (Å²) in [5, 5.41) is 8.58. The van der Waals surface area contributed by atoms with Crippen LogP contribution in [-0.2, 0) is 10.0 Å². The Labute approximate surface area is 93.3 Å². The molecule has 0 rings (SSSR count). The van der Waals surface area contributed by atoms with Gasteiger partial charge in [0.15, 0.2) is 0 Å². The summed E-state index contributed by atoms with van der Waals surface area (Å²) in [5.41, 5.74) is 0. The van der Waals surface area contributed by atoms with Crippen molar-refractivity contribution in [2.24, 2.45) is 5.92 Å². The lowest BCUT2D eigenvalue weighted by atomic mass is 10.1. The van der Waals surface area contributed by atoms with Crippen LogP contribution >= 0.6 is 0 Å². The number of nitrogens with zero attached hydrogens (tertiary/aromatic N) is 1. The maximum absolute atomic E-state index is 11.7. The van der Waals surface area contributed by atoms with Crippen LogP contribution in [-0.4, -0.2) is 43.8 Å². The minimum absolute atomic E-state index is 0.0601. The lowest BCUT2D eigenvalue weighted by molar-refractivity contribution is 0.286. The molecule has 0 saturated carbocycles. The highest BCUT2D eigenvalue weighted by Gasteiger charge is 2.18. The molecule has 1 unspecified atom stereocenters. The van der Waals surface area contributed by atoms with Crippen molar-refractivity contribution >= 4 is 10.0 Å². The Hall–Kier alpha value is -0.130. The lowest BCUT2D eigenvalue weighted by Gasteiger charge is -2.20. The average Bonchev–Trinajstić information content (AvgIpc) is 2.17. The zero-order valence-corrected chi connectivity index (χ0v) is 10.8. The first kappa shape index (κ1) is 14.9. The third-order valence-electron chi connectivity index (χ3n) is 2.55. The van der Waals surface area contributed by atoms with Crippen molar-refractivity contribution in [2.75, 3.05) is 26.0 Å². The maximum Gasteiger partial charge on any atom is 0.213 e. The Balaban J connectivity index is 4.08. The minimum atomic E-state index is -3.12. The topological polar surface area (TPSA) is 57.6 Å². The van der Waals surface area contributed by atoms with Crippen LogP contribution in [0.4, 0.5) is 0 Å². The van der Waals surface area contributed by atoms with Gasteiger partial charge in [0.25, 0.3) is 0 Å². The zero-order valence-electron chi connectivity index (χ0n) is 9.94. The Morgan fingerprint density at radius 3 is 2.40 bits per heavy atom. The van der Waals surface area contributed by atoms with Crippen LogP contribution in [0.5, 0.6) is 0 Å². The fraction of sp³-hybridized carbons (Fsp3) is 1.00. The Bertz CT molecular complexity index is 251. The molecule has 0 aromatic rings. The molecule has 0 heterocycles. The van der Waals surface area contributed by atoms with Crippen LogP contribution in [0.25, 0.3) is 0 Å². The van der Waals surface area contributed by atoms with Crippen molar-refractivity contribution in [2.45, 2.75) is 33.1 Å². The summed E-state index contributed by atoms with van der Waals surface area (Å²) in [7, 11) is -1.49. The van der Waals surface area contributed by atoms with Crippen LogP contribution in [0, 0.1) is 5.92 Å². The summed E-state index contributed by atoms with van der Waals surface area (Å²) in [6, 6.07) is 0. The van der Waals surface area contributed by atoms with E-state index in [0.717, 1.165) is 6.42 Å². The molecule has 1 N–H and O–H groups in total. The van der Waals surface area contributed by atoms with Crippen LogP contribution in [0.1, 0.15) is 33.1 Å². The molecule has 0 amide bonds. The Morgan fingerprint density at radius 2 is 1.93 bits per heavy atom. The molecule has 5 heteroatoms. The van der Waals surface area contributed by atoms with Crippen LogP contribution in [0.15, 0.2) is 0 Å². The summed E-state index contributed by atoms with van der Waals surface area (Å²) < 4.78 is 24.8. The monoisotopic (exact) mass is 237 g/mol. The molecule has 0 aliphatic heterocycles. The molecule has 15 heavy (non-hydrogen) atoms. The first-order valence-electron chi connectivity index (χ1n) is 5.49. The van der Waals surface area contributed by atoms with E-state index in [-0.39, 0.29) is 12.4 Å². The van der Waals surface area contributed by atoms with Gasteiger partial charge in [-0.15, -0.1) is 0 Å². The molecular formula is C10H23NO3S. The number of sulfonamides is 1. The SMILES string of the molecule is CCC(C)CN(C)S(=O)(=O)CCCCO. The van der Waals surface area contributed by atoms with Crippen LogP contribution in [0.2, 0.25) is 0 Å². The van der Waals surface area contributed by atoms with Gasteiger partial charge in [0.05, 0.1) is 5.75 Å². The van der Waals surface area contributed by atoms with Gasteiger partial charge >= 0.3 is 0 Å². The average molecular weight is 237 g/mol. The Kier molecular flexibility index (Phi) is 7.13. The number of rotatable bonds is 8. The smallest absolute Gasteiger partial charge is 0.213 e. The molecule has 0 aromatic heterocycles. The van der Waals surface area contributed by atoms with Gasteiger partial charge in [0.2, 0.25) is 10.0 Å². The summed E-state index contributed by atoms with van der Waals surface area (Å²) in [5.74, 6) is 0.531. The zero-order chi connectivity index (χ0) is 11.9. The maximum atomic E-state index is 11.7. The molecule has 1 atom stereocenters. The fourth-order valence-corrected chi connectivity index (χ4v) is 2.60. The second-order valence-corrected chi connectivity index (χ2v) is 6.24. The molecule has 0 fully saturated rings. The van der Waals surface area contributed by atoms with Crippen molar-refractivity contribution in [1.82, 2.24) is 4.31 Å². The largest absolute Gasteiger partial charge is 0.396 e. The molecule has 0 saturated heterocycles. The first-order valence-corrected chi connectivity index (χ1v) is 7.09. The molecule has 0 bridgehead atoms. The molecule has 0 spiro atoms. The van der Waals surface area contributed by atoms with Crippen LogP contribution < -0.4 is 0 Å². The quantitative estimate of drug-likeness (QED) is 0.642. The van der Waals surface area contributed by atoms with E-state index in [0.29, 0.717) is 25.3 Å². The van der Waals surface area contributed by atoms with Gasteiger partial charge in [-0.25, -0.2) is 12.7 Å². The number of hydrogen-bond acceptors (Lipinski definition) is 3. The number of unbranched alkanes of at least 4 members (excludes halogenated alkanes) is 1. The molecular weight excluding hydrogens is 214 g/mol. The van der Waals surface area contributed by atoms with Crippen molar-refractivity contribution in [3.63, 3.8) is 0 Å². The van der Waals surface area contributed by atoms with E-state index >= 15 is 0 Å². The van der Waals surface area contributed by atoms with Gasteiger partial charge in [-0.2, -0.15) is 0 Å². The van der Waals surface area contributed by atoms with Gasteiger partial charge < -0.3 is 5.11 Å². The highest BCUT2D eigenvalue weighted by molar-refractivity contribution is 7.89. The van der Waals surface area contributed by atoms with E-state index in [2.05, 4.69) is 6.92 Å². The van der Waals surface area contributed by atoms with E-state index in [9.17, 15) is 8.42 Å². The van der Waals surface area contributed by atoms with Gasteiger partial charge in [-0.3, -0.25) is 0 Å². The molecule has 0 radical (unpaired) electrons. The minimum Gasteiger partial charge on any atom is -0.396 e. The van der Waals surface area contributed by atoms with Crippen molar-refractivity contribution < 1.29 is 13.5 Å². The molecule has 0 aliphatic rings. The number of hydrogen-bond donors (Lipinski definition) is 1. The van der Waals surface area contributed by atoms with Crippen molar-refractivity contribution in [3.05, 3.63) is 0 Å². The summed E-state index contributed by atoms with van der Waals surface area (Å²) in [6.07, 6.45) is 2.07. The van der Waals surface area contributed by atoms with E-state index < -0.39 is 10.0 Å². The Morgan fingerprint density at radius 1 is 1.33 bits per heavy atom. The number of aliphatic hydroxyl groups is 1. The predicted octanol–water partition coefficient (Wildman–Crippen LogP) is 1.07. The molecule has 0 aromatic carbocycles. The highest BCUT2D eigenvalue weighted by Crippen LogP contribution is 2.08. The number of aliphatic hydroxyl groups excluding tert-OH is 1. The van der Waals surface area contributed by atoms with E-state index in [1.807, 2.05) is 6.92 Å². The second kappa shape index (κ2) is 7.19. The van der Waals surface area contributed by atoms with Gasteiger partial charge in [0.1, 0.15) is 0 Å². The molecule has 92 valence electrons. The molecule has 4 nitrogen and oxygen atoms in total. The third kappa shape index (κ3) is 6.12. The van der Waals surface area contributed by atoms with E-state index in [4.69, 9.17) is 5.11 Å². The van der Waals surface area contributed by atoms with Crippen molar-refractivity contribution in [1.29, 1.82) is 0 Å². The lowest BCUT2D eigenvalue weighted by Crippen LogP contribution is -2.32. The normalized spacial score (nSPS) is 14.5.